The highest BCUT2D eigenvalue weighted by Gasteiger charge is 2.18. The van der Waals surface area contributed by atoms with E-state index < -0.39 is 10.0 Å². The van der Waals surface area contributed by atoms with E-state index in [4.69, 9.17) is 0 Å². The van der Waals surface area contributed by atoms with Gasteiger partial charge in [-0.2, -0.15) is 0 Å². The van der Waals surface area contributed by atoms with Crippen molar-refractivity contribution in [2.75, 3.05) is 0 Å². The average Bonchev–Trinajstić information content (AvgIpc) is 2.17. The van der Waals surface area contributed by atoms with Crippen molar-refractivity contribution in [3.05, 3.63) is 28.7 Å². The Morgan fingerprint density at radius 3 is 2.06 bits per heavy atom. The quantitative estimate of drug-likeness (QED) is 0.930. The van der Waals surface area contributed by atoms with Gasteiger partial charge in [0.2, 0.25) is 10.0 Å². The lowest BCUT2D eigenvalue weighted by molar-refractivity contribution is 0.476. The first-order valence-corrected chi connectivity index (χ1v) is 7.38. The Balaban J connectivity index is 2.90. The van der Waals surface area contributed by atoms with Gasteiger partial charge >= 0.3 is 0 Å². The molecule has 0 saturated heterocycles. The number of sulfonamides is 1. The van der Waals surface area contributed by atoms with Crippen LogP contribution in [0.4, 0.5) is 0 Å². The van der Waals surface area contributed by atoms with E-state index >= 15 is 0 Å². The van der Waals surface area contributed by atoms with Gasteiger partial charge in [0, 0.05) is 10.5 Å². The van der Waals surface area contributed by atoms with E-state index in [0.717, 1.165) is 4.47 Å². The highest BCUT2D eigenvalue weighted by Crippen LogP contribution is 2.15. The number of halogens is 1. The third-order valence-electron chi connectivity index (χ3n) is 2.46. The molecular formula is C11H16BrNO2S. The Morgan fingerprint density at radius 2 is 1.62 bits per heavy atom. The maximum atomic E-state index is 11.9. The van der Waals surface area contributed by atoms with Crippen LogP contribution < -0.4 is 4.72 Å². The predicted molar refractivity (Wildman–Crippen MR) is 68.8 cm³/mol. The first kappa shape index (κ1) is 13.7. The standard InChI is InChI=1S/C11H16BrNO2S/c1-8(2)9(3)13-16(14,15)11-6-4-10(12)5-7-11/h4-9,13H,1-3H3/t9-/m1/s1. The van der Waals surface area contributed by atoms with Crippen molar-refractivity contribution >= 4 is 26.0 Å². The number of rotatable bonds is 4. The molecule has 0 aliphatic carbocycles. The average molecular weight is 306 g/mol. The van der Waals surface area contributed by atoms with Gasteiger partial charge in [-0.25, -0.2) is 13.1 Å². The van der Waals surface area contributed by atoms with Gasteiger partial charge in [-0.1, -0.05) is 29.8 Å². The van der Waals surface area contributed by atoms with Crippen LogP contribution in [0.15, 0.2) is 33.6 Å². The summed E-state index contributed by atoms with van der Waals surface area (Å²) in [5.74, 6) is 0.269. The molecule has 1 aromatic carbocycles. The Kier molecular flexibility index (Phi) is 4.52. The Morgan fingerprint density at radius 1 is 1.12 bits per heavy atom. The molecule has 0 unspecified atom stereocenters. The Bertz CT molecular complexity index is 440. The van der Waals surface area contributed by atoms with Crippen molar-refractivity contribution in [3.63, 3.8) is 0 Å². The van der Waals surface area contributed by atoms with Crippen LogP contribution in [0.3, 0.4) is 0 Å². The van der Waals surface area contributed by atoms with E-state index in [1.54, 1.807) is 24.3 Å². The molecule has 3 nitrogen and oxygen atoms in total. The van der Waals surface area contributed by atoms with Gasteiger partial charge in [-0.3, -0.25) is 0 Å². The second-order valence-corrected chi connectivity index (χ2v) is 6.74. The minimum atomic E-state index is -3.39. The largest absolute Gasteiger partial charge is 0.240 e. The molecule has 0 spiro atoms. The molecule has 5 heteroatoms. The Hall–Kier alpha value is -0.390. The Labute approximate surface area is 105 Å². The molecule has 90 valence electrons. The summed E-state index contributed by atoms with van der Waals surface area (Å²) in [4.78, 5) is 0.295. The highest BCUT2D eigenvalue weighted by molar-refractivity contribution is 9.10. The number of hydrogen-bond donors (Lipinski definition) is 1. The summed E-state index contributed by atoms with van der Waals surface area (Å²) in [6.45, 7) is 5.82. The zero-order valence-electron chi connectivity index (χ0n) is 9.57. The van der Waals surface area contributed by atoms with Gasteiger partial charge in [0.25, 0.3) is 0 Å². The molecule has 1 atom stereocenters. The lowest BCUT2D eigenvalue weighted by atomic mass is 10.1. The maximum Gasteiger partial charge on any atom is 0.240 e. The molecule has 0 bridgehead atoms. The summed E-state index contributed by atoms with van der Waals surface area (Å²) in [6.07, 6.45) is 0. The van der Waals surface area contributed by atoms with Crippen LogP contribution in [0.5, 0.6) is 0 Å². The van der Waals surface area contributed by atoms with E-state index in [9.17, 15) is 8.42 Å². The topological polar surface area (TPSA) is 46.2 Å². The number of hydrogen-bond acceptors (Lipinski definition) is 2. The zero-order valence-corrected chi connectivity index (χ0v) is 12.0. The normalized spacial score (nSPS) is 14.1. The van der Waals surface area contributed by atoms with Crippen LogP contribution in [-0.2, 0) is 10.0 Å². The van der Waals surface area contributed by atoms with Crippen molar-refractivity contribution < 1.29 is 8.42 Å². The smallest absolute Gasteiger partial charge is 0.208 e. The predicted octanol–water partition coefficient (Wildman–Crippen LogP) is 2.77. The SMILES string of the molecule is CC(C)[C@@H](C)NS(=O)(=O)c1ccc(Br)cc1. The molecule has 0 radical (unpaired) electrons. The summed E-state index contributed by atoms with van der Waals surface area (Å²) < 4.78 is 27.4. The fourth-order valence-corrected chi connectivity index (χ4v) is 2.72. The van der Waals surface area contributed by atoms with Gasteiger partial charge < -0.3 is 0 Å². The monoisotopic (exact) mass is 305 g/mol. The molecule has 1 N–H and O–H groups in total. The summed E-state index contributed by atoms with van der Waals surface area (Å²) in [5, 5.41) is 0. The van der Waals surface area contributed by atoms with Crippen LogP contribution in [0.2, 0.25) is 0 Å². The van der Waals surface area contributed by atoms with Gasteiger partial charge in [-0.15, -0.1) is 0 Å². The van der Waals surface area contributed by atoms with Crippen molar-refractivity contribution in [2.24, 2.45) is 5.92 Å². The third kappa shape index (κ3) is 3.57. The second kappa shape index (κ2) is 5.29. The molecule has 0 aliphatic rings. The van der Waals surface area contributed by atoms with Crippen LogP contribution in [0.25, 0.3) is 0 Å². The van der Waals surface area contributed by atoms with Crippen LogP contribution in [-0.4, -0.2) is 14.5 Å². The van der Waals surface area contributed by atoms with E-state index in [1.807, 2.05) is 20.8 Å². The molecule has 16 heavy (non-hydrogen) atoms. The van der Waals surface area contributed by atoms with Crippen LogP contribution >= 0.6 is 15.9 Å². The van der Waals surface area contributed by atoms with Crippen molar-refractivity contribution in [1.29, 1.82) is 0 Å². The first-order valence-electron chi connectivity index (χ1n) is 5.11. The summed E-state index contributed by atoms with van der Waals surface area (Å²) in [6, 6.07) is 6.52. The summed E-state index contributed by atoms with van der Waals surface area (Å²) >= 11 is 3.27. The van der Waals surface area contributed by atoms with Gasteiger partial charge in [0.15, 0.2) is 0 Å². The van der Waals surface area contributed by atoms with E-state index in [0.29, 0.717) is 4.90 Å². The molecule has 0 amide bonds. The molecule has 0 aromatic heterocycles. The fourth-order valence-electron chi connectivity index (χ4n) is 1.06. The lowest BCUT2D eigenvalue weighted by Gasteiger charge is -2.17. The van der Waals surface area contributed by atoms with E-state index in [2.05, 4.69) is 20.7 Å². The van der Waals surface area contributed by atoms with E-state index in [-0.39, 0.29) is 12.0 Å². The van der Waals surface area contributed by atoms with Gasteiger partial charge in [0.05, 0.1) is 4.90 Å². The third-order valence-corrected chi connectivity index (χ3v) is 4.57. The number of nitrogens with one attached hydrogen (secondary N) is 1. The maximum absolute atomic E-state index is 11.9. The molecular weight excluding hydrogens is 290 g/mol. The van der Waals surface area contributed by atoms with Crippen molar-refractivity contribution in [1.82, 2.24) is 4.72 Å². The van der Waals surface area contributed by atoms with Crippen molar-refractivity contribution in [3.8, 4) is 0 Å². The zero-order chi connectivity index (χ0) is 12.3. The summed E-state index contributed by atoms with van der Waals surface area (Å²) in [7, 11) is -3.39. The van der Waals surface area contributed by atoms with Crippen LogP contribution in [0, 0.1) is 5.92 Å². The van der Waals surface area contributed by atoms with Crippen molar-refractivity contribution in [2.45, 2.75) is 31.7 Å². The minimum Gasteiger partial charge on any atom is -0.208 e. The van der Waals surface area contributed by atoms with E-state index in [1.165, 1.54) is 0 Å². The molecule has 1 aromatic rings. The molecule has 1 rings (SSSR count). The highest BCUT2D eigenvalue weighted by atomic mass is 79.9. The molecule has 0 fully saturated rings. The minimum absolute atomic E-state index is 0.0753. The number of benzene rings is 1. The molecule has 0 saturated carbocycles. The second-order valence-electron chi connectivity index (χ2n) is 4.11. The fraction of sp³-hybridized carbons (Fsp3) is 0.455. The molecule has 0 heterocycles. The lowest BCUT2D eigenvalue weighted by Crippen LogP contribution is -2.36. The first-order chi connectivity index (χ1) is 7.33. The van der Waals surface area contributed by atoms with Crippen LogP contribution in [0.1, 0.15) is 20.8 Å². The van der Waals surface area contributed by atoms with Gasteiger partial charge in [0.1, 0.15) is 0 Å². The molecule has 0 aliphatic heterocycles. The summed E-state index contributed by atoms with van der Waals surface area (Å²) in [5.41, 5.74) is 0. The van der Waals surface area contributed by atoms with Gasteiger partial charge in [-0.05, 0) is 37.1 Å².